The summed E-state index contributed by atoms with van der Waals surface area (Å²) < 4.78 is 5.42. The van der Waals surface area contributed by atoms with Crippen molar-refractivity contribution in [2.75, 3.05) is 18.1 Å². The first kappa shape index (κ1) is 18.3. The summed E-state index contributed by atoms with van der Waals surface area (Å²) in [6.45, 7) is 3.33. The number of carbonyl (C=O) groups excluding carboxylic acids is 2. The summed E-state index contributed by atoms with van der Waals surface area (Å²) >= 11 is 5.86. The van der Waals surface area contributed by atoms with Crippen molar-refractivity contribution in [3.8, 4) is 5.75 Å². The molecule has 6 heteroatoms. The molecule has 0 bridgehead atoms. The molecule has 1 N–H and O–H groups in total. The van der Waals surface area contributed by atoms with E-state index in [0.717, 1.165) is 17.0 Å². The first-order valence-electron chi connectivity index (χ1n) is 8.62. The Hall–Kier alpha value is -2.53. The summed E-state index contributed by atoms with van der Waals surface area (Å²) in [5, 5.41) is 3.56. The van der Waals surface area contributed by atoms with Crippen LogP contribution in [0.4, 0.5) is 5.69 Å². The van der Waals surface area contributed by atoms with Crippen LogP contribution in [0, 0.1) is 5.92 Å². The number of nitrogens with one attached hydrogen (secondary N) is 1. The van der Waals surface area contributed by atoms with Crippen LogP contribution in [-0.2, 0) is 16.1 Å². The van der Waals surface area contributed by atoms with Gasteiger partial charge in [0.15, 0.2) is 0 Å². The third-order valence-electron chi connectivity index (χ3n) is 4.34. The average Bonchev–Trinajstić information content (AvgIpc) is 3.04. The van der Waals surface area contributed by atoms with Gasteiger partial charge in [0.2, 0.25) is 11.8 Å². The summed E-state index contributed by atoms with van der Waals surface area (Å²) in [5.41, 5.74) is 1.75. The van der Waals surface area contributed by atoms with Crippen LogP contribution in [0.2, 0.25) is 5.02 Å². The SMILES string of the molecule is CCOc1ccc(N2C[C@H](C(=O)NCc3ccc(Cl)cc3)CC2=O)cc1. The van der Waals surface area contributed by atoms with Crippen LogP contribution in [0.1, 0.15) is 18.9 Å². The lowest BCUT2D eigenvalue weighted by atomic mass is 10.1. The Morgan fingerprint density at radius 2 is 1.88 bits per heavy atom. The van der Waals surface area contributed by atoms with E-state index in [4.69, 9.17) is 16.3 Å². The van der Waals surface area contributed by atoms with Gasteiger partial charge in [-0.25, -0.2) is 0 Å². The Labute approximate surface area is 157 Å². The summed E-state index contributed by atoms with van der Waals surface area (Å²) in [6.07, 6.45) is 0.222. The number of anilines is 1. The van der Waals surface area contributed by atoms with Gasteiger partial charge in [-0.1, -0.05) is 23.7 Å². The molecule has 136 valence electrons. The third-order valence-corrected chi connectivity index (χ3v) is 4.59. The smallest absolute Gasteiger partial charge is 0.227 e. The van der Waals surface area contributed by atoms with Crippen LogP contribution in [0.25, 0.3) is 0 Å². The number of nitrogens with zero attached hydrogens (tertiary/aromatic N) is 1. The van der Waals surface area contributed by atoms with Crippen molar-refractivity contribution in [3.63, 3.8) is 0 Å². The zero-order valence-corrected chi connectivity index (χ0v) is 15.3. The second-order valence-electron chi connectivity index (χ2n) is 6.18. The van der Waals surface area contributed by atoms with E-state index in [1.54, 1.807) is 17.0 Å². The minimum atomic E-state index is -0.346. The molecular weight excluding hydrogens is 352 g/mol. The van der Waals surface area contributed by atoms with Crippen molar-refractivity contribution in [2.24, 2.45) is 5.92 Å². The van der Waals surface area contributed by atoms with E-state index in [9.17, 15) is 9.59 Å². The lowest BCUT2D eigenvalue weighted by Gasteiger charge is -2.17. The van der Waals surface area contributed by atoms with Crippen molar-refractivity contribution >= 4 is 29.1 Å². The van der Waals surface area contributed by atoms with Gasteiger partial charge in [-0.3, -0.25) is 9.59 Å². The minimum Gasteiger partial charge on any atom is -0.494 e. The number of amides is 2. The molecule has 2 amide bonds. The van der Waals surface area contributed by atoms with Crippen molar-refractivity contribution in [3.05, 3.63) is 59.1 Å². The van der Waals surface area contributed by atoms with Crippen molar-refractivity contribution in [1.29, 1.82) is 0 Å². The molecule has 0 saturated carbocycles. The summed E-state index contributed by atoms with van der Waals surface area (Å²) in [6, 6.07) is 14.7. The highest BCUT2D eigenvalue weighted by Crippen LogP contribution is 2.27. The molecule has 0 radical (unpaired) electrons. The van der Waals surface area contributed by atoms with Crippen LogP contribution in [0.3, 0.4) is 0 Å². The molecule has 1 aliphatic heterocycles. The molecule has 26 heavy (non-hydrogen) atoms. The molecule has 5 nitrogen and oxygen atoms in total. The molecule has 0 aliphatic carbocycles. The topological polar surface area (TPSA) is 58.6 Å². The van der Waals surface area contributed by atoms with Gasteiger partial charge in [-0.05, 0) is 48.9 Å². The van der Waals surface area contributed by atoms with E-state index in [0.29, 0.717) is 24.7 Å². The van der Waals surface area contributed by atoms with Crippen molar-refractivity contribution in [2.45, 2.75) is 19.9 Å². The molecule has 2 aromatic rings. The van der Waals surface area contributed by atoms with Crippen molar-refractivity contribution in [1.82, 2.24) is 5.32 Å². The van der Waals surface area contributed by atoms with Gasteiger partial charge >= 0.3 is 0 Å². The zero-order valence-electron chi connectivity index (χ0n) is 14.6. The maximum absolute atomic E-state index is 12.4. The lowest BCUT2D eigenvalue weighted by Crippen LogP contribution is -2.32. The summed E-state index contributed by atoms with van der Waals surface area (Å²) in [7, 11) is 0. The monoisotopic (exact) mass is 372 g/mol. The highest BCUT2D eigenvalue weighted by molar-refractivity contribution is 6.30. The Bertz CT molecular complexity index is 775. The molecule has 1 heterocycles. The average molecular weight is 373 g/mol. The fraction of sp³-hybridized carbons (Fsp3) is 0.300. The predicted octanol–water partition coefficient (Wildman–Crippen LogP) is 3.41. The minimum absolute atomic E-state index is 0.0409. The molecule has 1 saturated heterocycles. The van der Waals surface area contributed by atoms with Gasteiger partial charge in [-0.15, -0.1) is 0 Å². The van der Waals surface area contributed by atoms with Crippen LogP contribution >= 0.6 is 11.6 Å². The normalized spacial score (nSPS) is 16.6. The fourth-order valence-corrected chi connectivity index (χ4v) is 3.08. The first-order chi connectivity index (χ1) is 12.6. The van der Waals surface area contributed by atoms with E-state index in [1.165, 1.54) is 0 Å². The summed E-state index contributed by atoms with van der Waals surface area (Å²) in [4.78, 5) is 26.4. The molecule has 0 aromatic heterocycles. The molecule has 3 rings (SSSR count). The number of hydrogen-bond donors (Lipinski definition) is 1. The molecule has 1 aliphatic rings. The molecule has 2 aromatic carbocycles. The quantitative estimate of drug-likeness (QED) is 0.845. The van der Waals surface area contributed by atoms with E-state index >= 15 is 0 Å². The number of halogens is 1. The maximum Gasteiger partial charge on any atom is 0.227 e. The van der Waals surface area contributed by atoms with Gasteiger partial charge in [-0.2, -0.15) is 0 Å². The van der Waals surface area contributed by atoms with Gasteiger partial charge in [0.05, 0.1) is 12.5 Å². The standard InChI is InChI=1S/C20H21ClN2O3/c1-2-26-18-9-7-17(8-10-18)23-13-15(11-19(23)24)20(25)22-12-14-3-5-16(21)6-4-14/h3-10,15H,2,11-13H2,1H3,(H,22,25)/t15-/m1/s1. The van der Waals surface area contributed by atoms with Gasteiger partial charge in [0, 0.05) is 30.2 Å². The Kier molecular flexibility index (Phi) is 5.78. The highest BCUT2D eigenvalue weighted by atomic mass is 35.5. The predicted molar refractivity (Wildman–Crippen MR) is 101 cm³/mol. The highest BCUT2D eigenvalue weighted by Gasteiger charge is 2.34. The molecule has 0 spiro atoms. The van der Waals surface area contributed by atoms with Crippen LogP contribution < -0.4 is 15.0 Å². The number of benzene rings is 2. The van der Waals surface area contributed by atoms with E-state index < -0.39 is 0 Å². The number of hydrogen-bond acceptors (Lipinski definition) is 3. The Morgan fingerprint density at radius 1 is 1.19 bits per heavy atom. The summed E-state index contributed by atoms with van der Waals surface area (Å²) in [5.74, 6) is 0.268. The number of ether oxygens (including phenoxy) is 1. The maximum atomic E-state index is 12.4. The van der Waals surface area contributed by atoms with Gasteiger partial charge < -0.3 is 15.0 Å². The van der Waals surface area contributed by atoms with Crippen LogP contribution in [-0.4, -0.2) is 25.0 Å². The largest absolute Gasteiger partial charge is 0.494 e. The molecular formula is C20H21ClN2O3. The number of carbonyl (C=O) groups is 2. The van der Waals surface area contributed by atoms with Crippen molar-refractivity contribution < 1.29 is 14.3 Å². The molecule has 0 unspecified atom stereocenters. The first-order valence-corrected chi connectivity index (χ1v) is 9.00. The van der Waals surface area contributed by atoms with Crippen LogP contribution in [0.15, 0.2) is 48.5 Å². The zero-order chi connectivity index (χ0) is 18.5. The Morgan fingerprint density at radius 3 is 2.54 bits per heavy atom. The third kappa shape index (κ3) is 4.35. The second kappa shape index (κ2) is 8.23. The van der Waals surface area contributed by atoms with Gasteiger partial charge in [0.25, 0.3) is 0 Å². The molecule has 1 fully saturated rings. The Balaban J connectivity index is 1.57. The van der Waals surface area contributed by atoms with Crippen LogP contribution in [0.5, 0.6) is 5.75 Å². The lowest BCUT2D eigenvalue weighted by molar-refractivity contribution is -0.126. The van der Waals surface area contributed by atoms with Gasteiger partial charge in [0.1, 0.15) is 5.75 Å². The number of rotatable bonds is 6. The van der Waals surface area contributed by atoms with E-state index in [2.05, 4.69) is 5.32 Å². The second-order valence-corrected chi connectivity index (χ2v) is 6.61. The fourth-order valence-electron chi connectivity index (χ4n) is 2.96. The molecule has 1 atom stereocenters. The van der Waals surface area contributed by atoms with E-state index in [1.807, 2.05) is 43.3 Å². The van der Waals surface area contributed by atoms with E-state index in [-0.39, 0.29) is 24.2 Å².